The van der Waals surface area contributed by atoms with E-state index in [1.165, 1.54) is 0 Å². The minimum Gasteiger partial charge on any atom is -0.494 e. The normalized spacial score (nSPS) is 10.3. The Bertz CT molecular complexity index is 572. The van der Waals surface area contributed by atoms with Gasteiger partial charge < -0.3 is 15.2 Å². The van der Waals surface area contributed by atoms with Gasteiger partial charge in [0.1, 0.15) is 17.2 Å². The highest BCUT2D eigenvalue weighted by Gasteiger charge is 2.04. The number of ether oxygens (including phenoxy) is 2. The molecule has 0 unspecified atom stereocenters. The number of rotatable bonds is 6. The lowest BCUT2D eigenvalue weighted by molar-refractivity contribution is 0.338. The minimum atomic E-state index is 0.580. The highest BCUT2D eigenvalue weighted by molar-refractivity contribution is 6.31. The van der Waals surface area contributed by atoms with Crippen molar-refractivity contribution in [1.82, 2.24) is 0 Å². The van der Waals surface area contributed by atoms with Crippen LogP contribution in [0.5, 0.6) is 17.2 Å². The molecule has 2 aromatic carbocycles. The Hall–Kier alpha value is -1.71. The van der Waals surface area contributed by atoms with Gasteiger partial charge in [-0.2, -0.15) is 0 Å². The van der Waals surface area contributed by atoms with E-state index in [0.717, 1.165) is 23.5 Å². The topological polar surface area (TPSA) is 44.5 Å². The van der Waals surface area contributed by atoms with Gasteiger partial charge in [-0.3, -0.25) is 0 Å². The van der Waals surface area contributed by atoms with E-state index < -0.39 is 0 Å². The van der Waals surface area contributed by atoms with Gasteiger partial charge in [0.05, 0.1) is 6.61 Å². The second kappa shape index (κ2) is 7.17. The van der Waals surface area contributed by atoms with E-state index in [9.17, 15) is 0 Å². The SMILES string of the molecule is CCOc1cccc(Oc2ccc(CCN)c(Cl)c2)c1. The predicted molar refractivity (Wildman–Crippen MR) is 81.9 cm³/mol. The molecule has 0 heterocycles. The molecule has 0 aliphatic carbocycles. The van der Waals surface area contributed by atoms with Crippen LogP contribution in [0.4, 0.5) is 0 Å². The van der Waals surface area contributed by atoms with Gasteiger partial charge in [0.2, 0.25) is 0 Å². The van der Waals surface area contributed by atoms with Gasteiger partial charge in [-0.1, -0.05) is 23.7 Å². The van der Waals surface area contributed by atoms with Crippen molar-refractivity contribution in [2.24, 2.45) is 5.73 Å². The second-order valence-electron chi connectivity index (χ2n) is 4.30. The van der Waals surface area contributed by atoms with E-state index in [2.05, 4.69) is 0 Å². The molecule has 0 saturated heterocycles. The Balaban J connectivity index is 2.13. The summed E-state index contributed by atoms with van der Waals surface area (Å²) < 4.78 is 11.2. The Morgan fingerprint density at radius 3 is 2.50 bits per heavy atom. The van der Waals surface area contributed by atoms with Crippen molar-refractivity contribution < 1.29 is 9.47 Å². The van der Waals surface area contributed by atoms with Gasteiger partial charge in [0, 0.05) is 11.1 Å². The number of nitrogens with two attached hydrogens (primary N) is 1. The molecule has 2 aromatic rings. The maximum Gasteiger partial charge on any atom is 0.131 e. The zero-order chi connectivity index (χ0) is 14.4. The van der Waals surface area contributed by atoms with E-state index in [4.69, 9.17) is 26.8 Å². The fourth-order valence-corrected chi connectivity index (χ4v) is 2.15. The maximum absolute atomic E-state index is 6.20. The summed E-state index contributed by atoms with van der Waals surface area (Å²) in [6.45, 7) is 3.16. The summed E-state index contributed by atoms with van der Waals surface area (Å²) in [7, 11) is 0. The highest BCUT2D eigenvalue weighted by Crippen LogP contribution is 2.28. The first kappa shape index (κ1) is 14.7. The molecule has 0 bridgehead atoms. The van der Waals surface area contributed by atoms with Crippen LogP contribution in [0.2, 0.25) is 5.02 Å². The van der Waals surface area contributed by atoms with Crippen molar-refractivity contribution >= 4 is 11.6 Å². The second-order valence-corrected chi connectivity index (χ2v) is 4.71. The lowest BCUT2D eigenvalue weighted by Gasteiger charge is -2.10. The largest absolute Gasteiger partial charge is 0.494 e. The van der Waals surface area contributed by atoms with Crippen LogP contribution in [0, 0.1) is 0 Å². The van der Waals surface area contributed by atoms with E-state index in [-0.39, 0.29) is 0 Å². The lowest BCUT2D eigenvalue weighted by atomic mass is 10.1. The van der Waals surface area contributed by atoms with Crippen LogP contribution in [0.3, 0.4) is 0 Å². The van der Waals surface area contributed by atoms with Crippen LogP contribution in [-0.2, 0) is 6.42 Å². The van der Waals surface area contributed by atoms with Gasteiger partial charge in [-0.25, -0.2) is 0 Å². The van der Waals surface area contributed by atoms with E-state index in [1.807, 2.05) is 43.3 Å². The van der Waals surface area contributed by atoms with Crippen LogP contribution in [-0.4, -0.2) is 13.2 Å². The van der Waals surface area contributed by atoms with Crippen LogP contribution in [0.1, 0.15) is 12.5 Å². The van der Waals surface area contributed by atoms with Gasteiger partial charge in [0.15, 0.2) is 0 Å². The Labute approximate surface area is 124 Å². The molecule has 3 nitrogen and oxygen atoms in total. The molecular weight excluding hydrogens is 274 g/mol. The smallest absolute Gasteiger partial charge is 0.131 e. The number of halogens is 1. The third kappa shape index (κ3) is 3.89. The zero-order valence-corrected chi connectivity index (χ0v) is 12.2. The van der Waals surface area contributed by atoms with Crippen LogP contribution < -0.4 is 15.2 Å². The molecule has 2 N–H and O–H groups in total. The maximum atomic E-state index is 6.20. The summed E-state index contributed by atoms with van der Waals surface area (Å²) in [6.07, 6.45) is 0.763. The van der Waals surface area contributed by atoms with Gasteiger partial charge in [-0.05, 0) is 49.7 Å². The van der Waals surface area contributed by atoms with E-state index >= 15 is 0 Å². The summed E-state index contributed by atoms with van der Waals surface area (Å²) in [5, 5.41) is 0.675. The first-order valence-corrected chi connectivity index (χ1v) is 7.00. The van der Waals surface area contributed by atoms with E-state index in [1.54, 1.807) is 6.07 Å². The quantitative estimate of drug-likeness (QED) is 0.874. The summed E-state index contributed by atoms with van der Waals surface area (Å²) in [5.74, 6) is 2.21. The van der Waals surface area contributed by atoms with Crippen LogP contribution in [0.25, 0.3) is 0 Å². The van der Waals surface area contributed by atoms with Crippen molar-refractivity contribution in [1.29, 1.82) is 0 Å². The van der Waals surface area contributed by atoms with Crippen molar-refractivity contribution in [3.05, 3.63) is 53.1 Å². The standard InChI is InChI=1S/C16H18ClNO2/c1-2-19-13-4-3-5-14(10-13)20-15-7-6-12(8-9-18)16(17)11-15/h3-7,10-11H,2,8-9,18H2,1H3. The molecule has 0 saturated carbocycles. The molecule has 0 fully saturated rings. The molecule has 20 heavy (non-hydrogen) atoms. The van der Waals surface area contributed by atoms with Crippen LogP contribution >= 0.6 is 11.6 Å². The average molecular weight is 292 g/mol. The molecule has 0 aliphatic heterocycles. The summed E-state index contributed by atoms with van der Waals surface area (Å²) in [6, 6.07) is 13.2. The fourth-order valence-electron chi connectivity index (χ4n) is 1.88. The zero-order valence-electron chi connectivity index (χ0n) is 11.4. The monoisotopic (exact) mass is 291 g/mol. The van der Waals surface area contributed by atoms with Crippen LogP contribution in [0.15, 0.2) is 42.5 Å². The van der Waals surface area contributed by atoms with Crippen molar-refractivity contribution in [2.45, 2.75) is 13.3 Å². The average Bonchev–Trinajstić information content (AvgIpc) is 2.43. The number of hydrogen-bond donors (Lipinski definition) is 1. The third-order valence-corrected chi connectivity index (χ3v) is 3.14. The first-order valence-electron chi connectivity index (χ1n) is 6.62. The van der Waals surface area contributed by atoms with E-state index in [0.29, 0.717) is 23.9 Å². The molecule has 2 rings (SSSR count). The summed E-state index contributed by atoms with van der Waals surface area (Å²) in [5.41, 5.74) is 6.56. The summed E-state index contributed by atoms with van der Waals surface area (Å²) in [4.78, 5) is 0. The highest BCUT2D eigenvalue weighted by atomic mass is 35.5. The molecule has 0 aromatic heterocycles. The minimum absolute atomic E-state index is 0.580. The lowest BCUT2D eigenvalue weighted by Crippen LogP contribution is -2.03. The Morgan fingerprint density at radius 1 is 1.05 bits per heavy atom. The Morgan fingerprint density at radius 2 is 1.80 bits per heavy atom. The van der Waals surface area contributed by atoms with Crippen molar-refractivity contribution in [2.75, 3.05) is 13.2 Å². The molecule has 0 amide bonds. The van der Waals surface area contributed by atoms with Crippen molar-refractivity contribution in [3.8, 4) is 17.2 Å². The molecule has 0 spiro atoms. The molecule has 0 atom stereocenters. The fraction of sp³-hybridized carbons (Fsp3) is 0.250. The van der Waals surface area contributed by atoms with Gasteiger partial charge in [0.25, 0.3) is 0 Å². The summed E-state index contributed by atoms with van der Waals surface area (Å²) >= 11 is 6.20. The molecular formula is C16H18ClNO2. The van der Waals surface area contributed by atoms with Crippen molar-refractivity contribution in [3.63, 3.8) is 0 Å². The Kier molecular flexibility index (Phi) is 5.27. The first-order chi connectivity index (χ1) is 9.72. The number of benzene rings is 2. The van der Waals surface area contributed by atoms with Gasteiger partial charge >= 0.3 is 0 Å². The molecule has 4 heteroatoms. The molecule has 106 valence electrons. The van der Waals surface area contributed by atoms with Gasteiger partial charge in [-0.15, -0.1) is 0 Å². The number of hydrogen-bond acceptors (Lipinski definition) is 3. The molecule has 0 radical (unpaired) electrons. The predicted octanol–water partition coefficient (Wildman–Crippen LogP) is 4.03. The third-order valence-electron chi connectivity index (χ3n) is 2.79. The molecule has 0 aliphatic rings.